The van der Waals surface area contributed by atoms with Gasteiger partial charge in [0.2, 0.25) is 17.7 Å². The number of anilines is 1. The van der Waals surface area contributed by atoms with E-state index in [4.69, 9.17) is 4.74 Å². The van der Waals surface area contributed by atoms with Crippen molar-refractivity contribution in [2.45, 2.75) is 19.8 Å². The van der Waals surface area contributed by atoms with Gasteiger partial charge in [0.05, 0.1) is 17.8 Å². The van der Waals surface area contributed by atoms with Crippen LogP contribution in [0.15, 0.2) is 15.7 Å². The Bertz CT molecular complexity index is 654. The largest absolute Gasteiger partial charge is 0.480 e. The first-order valence-corrected chi connectivity index (χ1v) is 9.92. The summed E-state index contributed by atoms with van der Waals surface area (Å²) in [6, 6.07) is 0. The third-order valence-electron chi connectivity index (χ3n) is 4.17. The maximum Gasteiger partial charge on any atom is 0.232 e. The van der Waals surface area contributed by atoms with Crippen molar-refractivity contribution in [2.24, 2.45) is 4.99 Å². The molecule has 2 heterocycles. The number of hydrogen-bond acceptors (Lipinski definition) is 6. The van der Waals surface area contributed by atoms with E-state index in [9.17, 15) is 4.79 Å². The van der Waals surface area contributed by atoms with Crippen molar-refractivity contribution in [3.63, 3.8) is 0 Å². The van der Waals surface area contributed by atoms with Crippen LogP contribution in [0.2, 0.25) is 0 Å². The summed E-state index contributed by atoms with van der Waals surface area (Å²) in [4.78, 5) is 29.1. The Morgan fingerprint density at radius 1 is 1.29 bits per heavy atom. The molecule has 0 aromatic carbocycles. The molecule has 2 rings (SSSR count). The minimum Gasteiger partial charge on any atom is -0.480 e. The van der Waals surface area contributed by atoms with Gasteiger partial charge < -0.3 is 25.2 Å². The third-order valence-corrected chi connectivity index (χ3v) is 4.72. The number of aliphatic imine (C=N–C) groups is 1. The summed E-state index contributed by atoms with van der Waals surface area (Å²) in [5.41, 5.74) is 0. The summed E-state index contributed by atoms with van der Waals surface area (Å²) in [6.45, 7) is 6.47. The number of piperazine rings is 1. The standard InChI is InChI=1S/C17H28BrN7O2.HI/c1-4-6-20-14(26)5-7-21-16(19-2)24-8-10-25(11-9-24)17-22-12-13(18)15(23-17)27-3;/h12H,4-11H2,1-3H3,(H,19,21)(H,20,26);1H. The zero-order valence-electron chi connectivity index (χ0n) is 16.6. The highest BCUT2D eigenvalue weighted by Crippen LogP contribution is 2.23. The molecule has 0 spiro atoms. The van der Waals surface area contributed by atoms with E-state index in [0.29, 0.717) is 24.8 Å². The van der Waals surface area contributed by atoms with Crippen LogP contribution in [0.25, 0.3) is 0 Å². The van der Waals surface area contributed by atoms with E-state index < -0.39 is 0 Å². The van der Waals surface area contributed by atoms with Crippen LogP contribution in [0, 0.1) is 0 Å². The van der Waals surface area contributed by atoms with Crippen molar-refractivity contribution in [3.05, 3.63) is 10.7 Å². The molecule has 158 valence electrons. The quantitative estimate of drug-likeness (QED) is 0.292. The Labute approximate surface area is 191 Å². The van der Waals surface area contributed by atoms with Crippen molar-refractivity contribution < 1.29 is 9.53 Å². The van der Waals surface area contributed by atoms with Gasteiger partial charge in [0.25, 0.3) is 0 Å². The van der Waals surface area contributed by atoms with Gasteiger partial charge in [-0.2, -0.15) is 4.98 Å². The average Bonchev–Trinajstić information content (AvgIpc) is 2.70. The molecule has 0 radical (unpaired) electrons. The molecule has 1 fully saturated rings. The number of halogens is 2. The topological polar surface area (TPSA) is 95.0 Å². The van der Waals surface area contributed by atoms with Gasteiger partial charge in [-0.15, -0.1) is 24.0 Å². The molecule has 0 unspecified atom stereocenters. The molecule has 1 amide bonds. The lowest BCUT2D eigenvalue weighted by Crippen LogP contribution is -2.53. The van der Waals surface area contributed by atoms with Crippen LogP contribution in [-0.2, 0) is 4.79 Å². The van der Waals surface area contributed by atoms with Crippen LogP contribution in [-0.4, -0.2) is 80.2 Å². The van der Waals surface area contributed by atoms with Gasteiger partial charge >= 0.3 is 0 Å². The number of aromatic nitrogens is 2. The third kappa shape index (κ3) is 7.22. The van der Waals surface area contributed by atoms with Crippen LogP contribution in [0.1, 0.15) is 19.8 Å². The number of nitrogens with zero attached hydrogens (tertiary/aromatic N) is 5. The number of carbonyl (C=O) groups excluding carboxylic acids is 1. The number of amides is 1. The fourth-order valence-electron chi connectivity index (χ4n) is 2.73. The van der Waals surface area contributed by atoms with Crippen molar-refractivity contribution in [1.29, 1.82) is 0 Å². The molecular weight excluding hydrogens is 541 g/mol. The molecule has 28 heavy (non-hydrogen) atoms. The zero-order valence-corrected chi connectivity index (χ0v) is 20.5. The number of nitrogens with one attached hydrogen (secondary N) is 2. The van der Waals surface area contributed by atoms with E-state index in [0.717, 1.165) is 49.6 Å². The predicted molar refractivity (Wildman–Crippen MR) is 125 cm³/mol. The molecule has 2 N–H and O–H groups in total. The molecule has 9 nitrogen and oxygen atoms in total. The van der Waals surface area contributed by atoms with E-state index in [2.05, 4.69) is 51.3 Å². The van der Waals surface area contributed by atoms with E-state index in [1.165, 1.54) is 0 Å². The fourth-order valence-corrected chi connectivity index (χ4v) is 3.08. The summed E-state index contributed by atoms with van der Waals surface area (Å²) in [5.74, 6) is 2.06. The maximum atomic E-state index is 11.7. The van der Waals surface area contributed by atoms with Crippen LogP contribution >= 0.6 is 39.9 Å². The Kier molecular flexibility index (Phi) is 11.4. The lowest BCUT2D eigenvalue weighted by molar-refractivity contribution is -0.120. The molecule has 0 bridgehead atoms. The lowest BCUT2D eigenvalue weighted by atomic mass is 10.3. The Balaban J connectivity index is 0.00000392. The molecular formula is C17H29BrIN7O2. The lowest BCUT2D eigenvalue weighted by Gasteiger charge is -2.36. The van der Waals surface area contributed by atoms with Crippen molar-refractivity contribution in [1.82, 2.24) is 25.5 Å². The van der Waals surface area contributed by atoms with Crippen LogP contribution in [0.5, 0.6) is 5.88 Å². The number of methoxy groups -OCH3 is 1. The summed E-state index contributed by atoms with van der Waals surface area (Å²) >= 11 is 3.37. The van der Waals surface area contributed by atoms with Gasteiger partial charge in [0.1, 0.15) is 0 Å². The van der Waals surface area contributed by atoms with Crippen molar-refractivity contribution in [3.8, 4) is 5.88 Å². The van der Waals surface area contributed by atoms with E-state index in [-0.39, 0.29) is 29.9 Å². The van der Waals surface area contributed by atoms with Gasteiger partial charge in [-0.1, -0.05) is 6.92 Å². The number of carbonyl (C=O) groups is 1. The molecule has 1 saturated heterocycles. The monoisotopic (exact) mass is 569 g/mol. The Morgan fingerprint density at radius 3 is 2.61 bits per heavy atom. The first kappa shape index (κ1) is 24.7. The SMILES string of the molecule is CCCNC(=O)CCNC(=NC)N1CCN(c2ncc(Br)c(OC)n2)CC1.I. The first-order chi connectivity index (χ1) is 13.1. The molecule has 0 atom stereocenters. The second kappa shape index (κ2) is 13.0. The second-order valence-electron chi connectivity index (χ2n) is 6.08. The highest BCUT2D eigenvalue weighted by Gasteiger charge is 2.22. The number of rotatable bonds is 7. The number of guanidine groups is 1. The van der Waals surface area contributed by atoms with E-state index >= 15 is 0 Å². The molecule has 0 saturated carbocycles. The first-order valence-electron chi connectivity index (χ1n) is 9.12. The van der Waals surface area contributed by atoms with Gasteiger partial charge in [-0.25, -0.2) is 4.98 Å². The maximum absolute atomic E-state index is 11.7. The summed E-state index contributed by atoms with van der Waals surface area (Å²) in [6.07, 6.45) is 3.09. The zero-order chi connectivity index (χ0) is 19.6. The summed E-state index contributed by atoms with van der Waals surface area (Å²) < 4.78 is 5.98. The van der Waals surface area contributed by atoms with Gasteiger partial charge in [-0.05, 0) is 22.4 Å². The molecule has 1 aromatic heterocycles. The molecule has 0 aliphatic carbocycles. The minimum atomic E-state index is 0. The molecule has 1 aromatic rings. The smallest absolute Gasteiger partial charge is 0.232 e. The molecule has 1 aliphatic heterocycles. The van der Waals surface area contributed by atoms with Gasteiger partial charge in [0, 0.05) is 52.7 Å². The predicted octanol–water partition coefficient (Wildman–Crippen LogP) is 1.48. The van der Waals surface area contributed by atoms with Gasteiger partial charge in [-0.3, -0.25) is 9.79 Å². The van der Waals surface area contributed by atoms with Crippen LogP contribution in [0.3, 0.4) is 0 Å². The number of ether oxygens (including phenoxy) is 1. The van der Waals surface area contributed by atoms with Crippen molar-refractivity contribution in [2.75, 3.05) is 58.3 Å². The average molecular weight is 570 g/mol. The van der Waals surface area contributed by atoms with E-state index in [1.54, 1.807) is 20.4 Å². The highest BCUT2D eigenvalue weighted by atomic mass is 127. The Morgan fingerprint density at radius 2 is 2.00 bits per heavy atom. The fraction of sp³-hybridized carbons (Fsp3) is 0.647. The normalized spacial score (nSPS) is 14.4. The molecule has 1 aliphatic rings. The summed E-state index contributed by atoms with van der Waals surface area (Å²) in [7, 11) is 3.35. The second-order valence-corrected chi connectivity index (χ2v) is 6.93. The Hall–Kier alpha value is -1.37. The minimum absolute atomic E-state index is 0. The van der Waals surface area contributed by atoms with Crippen LogP contribution < -0.4 is 20.3 Å². The summed E-state index contributed by atoms with van der Waals surface area (Å²) in [5, 5.41) is 6.14. The van der Waals surface area contributed by atoms with E-state index in [1.807, 2.05) is 6.92 Å². The van der Waals surface area contributed by atoms with Gasteiger partial charge in [0.15, 0.2) is 5.96 Å². The van der Waals surface area contributed by atoms with Crippen LogP contribution in [0.4, 0.5) is 5.95 Å². The van der Waals surface area contributed by atoms with Crippen molar-refractivity contribution >= 4 is 57.7 Å². The molecule has 11 heteroatoms. The number of hydrogen-bond donors (Lipinski definition) is 2. The highest BCUT2D eigenvalue weighted by molar-refractivity contribution is 14.0.